The second-order valence-corrected chi connectivity index (χ2v) is 10.1. The van der Waals surface area contributed by atoms with Crippen LogP contribution in [-0.2, 0) is 6.18 Å². The van der Waals surface area contributed by atoms with Gasteiger partial charge in [-0.05, 0) is 56.9 Å². The highest BCUT2D eigenvalue weighted by Gasteiger charge is 2.32. The van der Waals surface area contributed by atoms with Crippen molar-refractivity contribution in [3.63, 3.8) is 0 Å². The van der Waals surface area contributed by atoms with Gasteiger partial charge in [-0.3, -0.25) is 4.79 Å². The molecule has 3 N–H and O–H groups in total. The van der Waals surface area contributed by atoms with E-state index >= 15 is 0 Å². The van der Waals surface area contributed by atoms with Crippen LogP contribution in [0.1, 0.15) is 21.5 Å². The van der Waals surface area contributed by atoms with Crippen LogP contribution in [0.2, 0.25) is 0 Å². The topological polar surface area (TPSA) is 105 Å². The molecule has 38 heavy (non-hydrogen) atoms. The number of benzene rings is 2. The zero-order valence-corrected chi connectivity index (χ0v) is 22.1. The van der Waals surface area contributed by atoms with Gasteiger partial charge in [-0.1, -0.05) is 22.6 Å². The molecule has 0 bridgehead atoms. The Hall–Kier alpha value is -3.97. The lowest BCUT2D eigenvalue weighted by Crippen LogP contribution is -2.28. The van der Waals surface area contributed by atoms with E-state index in [2.05, 4.69) is 20.6 Å². The van der Waals surface area contributed by atoms with Crippen LogP contribution in [0.25, 0.3) is 16.3 Å². The molecule has 4 aromatic rings. The molecule has 0 atom stereocenters. The van der Waals surface area contributed by atoms with E-state index in [1.807, 2.05) is 25.9 Å². The van der Waals surface area contributed by atoms with Crippen LogP contribution < -0.4 is 16.0 Å². The number of anilines is 3. The van der Waals surface area contributed by atoms with E-state index in [1.165, 1.54) is 22.1 Å². The minimum atomic E-state index is -4.57. The Morgan fingerprint density at radius 1 is 1.13 bits per heavy atom. The predicted octanol–water partition coefficient (Wildman–Crippen LogP) is 4.55. The van der Waals surface area contributed by atoms with Crippen molar-refractivity contribution in [1.82, 2.24) is 24.9 Å². The first-order valence-electron chi connectivity index (χ1n) is 11.6. The average molecular weight is 545 g/mol. The minimum Gasteiger partial charge on any atom is -0.375 e. The van der Waals surface area contributed by atoms with Crippen molar-refractivity contribution in [2.24, 2.45) is 0 Å². The Bertz CT molecular complexity index is 1450. The summed E-state index contributed by atoms with van der Waals surface area (Å²) in [6.45, 7) is 3.02. The maximum atomic E-state index is 13.6. The molecule has 2 aromatic heterocycles. The summed E-state index contributed by atoms with van der Waals surface area (Å²) in [7, 11) is 5.48. The molecule has 0 aliphatic heterocycles. The van der Waals surface area contributed by atoms with E-state index in [-0.39, 0.29) is 11.3 Å². The zero-order chi connectivity index (χ0) is 27.6. The van der Waals surface area contributed by atoms with E-state index in [0.29, 0.717) is 35.3 Å². The smallest absolute Gasteiger partial charge is 0.375 e. The van der Waals surface area contributed by atoms with Crippen molar-refractivity contribution in [3.05, 3.63) is 65.5 Å². The third kappa shape index (κ3) is 6.29. The monoisotopic (exact) mass is 544 g/mol. The fourth-order valence-electron chi connectivity index (χ4n) is 3.65. The molecule has 13 heteroatoms. The van der Waals surface area contributed by atoms with Gasteiger partial charge in [0.1, 0.15) is 5.69 Å². The van der Waals surface area contributed by atoms with E-state index in [1.54, 1.807) is 42.5 Å². The molecule has 200 valence electrons. The first-order valence-corrected chi connectivity index (χ1v) is 12.4. The van der Waals surface area contributed by atoms with Crippen molar-refractivity contribution in [1.29, 1.82) is 0 Å². The van der Waals surface area contributed by atoms with Gasteiger partial charge in [-0.2, -0.15) is 13.2 Å². The maximum absolute atomic E-state index is 13.6. The second kappa shape index (κ2) is 10.8. The fraction of sp³-hybridized carbons (Fsp3) is 0.280. The molecule has 2 heterocycles. The highest BCUT2D eigenvalue weighted by molar-refractivity contribution is 7.18. The van der Waals surface area contributed by atoms with Crippen LogP contribution in [0, 0.1) is 6.92 Å². The molecule has 0 saturated carbocycles. The number of nitrogens with one attached hydrogen (secondary N) is 1. The number of carbonyl (C=O) groups is 1. The highest BCUT2D eigenvalue weighted by atomic mass is 32.1. The van der Waals surface area contributed by atoms with Gasteiger partial charge in [0.15, 0.2) is 5.13 Å². The van der Waals surface area contributed by atoms with Gasteiger partial charge in [-0.25, -0.2) is 9.67 Å². The quantitative estimate of drug-likeness (QED) is 0.335. The van der Waals surface area contributed by atoms with E-state index < -0.39 is 17.6 Å². The van der Waals surface area contributed by atoms with Crippen molar-refractivity contribution < 1.29 is 18.0 Å². The molecule has 0 spiro atoms. The molecule has 1 amide bonds. The summed E-state index contributed by atoms with van der Waals surface area (Å²) in [6.07, 6.45) is -1.27. The Morgan fingerprint density at radius 3 is 2.55 bits per heavy atom. The SMILES string of the molecule is Cc1ccc(C(=O)Nc2cc(N(C)CCN(C)C)cc(C(F)(F)F)c2)cc1-n1cc(-c2cnc(N)s2)nn1. The molecule has 0 saturated heterocycles. The number of aromatic nitrogens is 4. The second-order valence-electron chi connectivity index (χ2n) is 9.06. The number of alkyl halides is 3. The van der Waals surface area contributed by atoms with Gasteiger partial charge in [-0.15, -0.1) is 5.10 Å². The van der Waals surface area contributed by atoms with Crippen LogP contribution >= 0.6 is 11.3 Å². The van der Waals surface area contributed by atoms with Crippen molar-refractivity contribution in [2.75, 3.05) is 50.2 Å². The molecule has 2 aromatic carbocycles. The number of likely N-dealkylation sites (N-methyl/N-ethyl adjacent to an activating group) is 2. The van der Waals surface area contributed by atoms with Crippen molar-refractivity contribution in [2.45, 2.75) is 13.1 Å². The molecule has 0 fully saturated rings. The Labute approximate surface area is 221 Å². The summed E-state index contributed by atoms with van der Waals surface area (Å²) in [5, 5.41) is 11.3. The molecular weight excluding hydrogens is 517 g/mol. The number of carbonyl (C=O) groups excluding carboxylic acids is 1. The largest absolute Gasteiger partial charge is 0.416 e. The fourth-order valence-corrected chi connectivity index (χ4v) is 4.28. The summed E-state index contributed by atoms with van der Waals surface area (Å²) < 4.78 is 42.4. The Balaban J connectivity index is 1.60. The molecular formula is C25H27F3N8OS. The average Bonchev–Trinajstić information content (AvgIpc) is 3.51. The molecule has 9 nitrogen and oxygen atoms in total. The van der Waals surface area contributed by atoms with Crippen LogP contribution in [0.4, 0.5) is 29.7 Å². The number of halogens is 3. The van der Waals surface area contributed by atoms with Crippen LogP contribution in [0.5, 0.6) is 0 Å². The molecule has 0 unspecified atom stereocenters. The predicted molar refractivity (Wildman–Crippen MR) is 143 cm³/mol. The molecule has 0 radical (unpaired) electrons. The van der Waals surface area contributed by atoms with Gasteiger partial charge >= 0.3 is 6.18 Å². The summed E-state index contributed by atoms with van der Waals surface area (Å²) in [6, 6.07) is 8.50. The number of thiazole rings is 1. The number of hydrogen-bond acceptors (Lipinski definition) is 8. The van der Waals surface area contributed by atoms with E-state index in [0.717, 1.165) is 22.6 Å². The normalized spacial score (nSPS) is 11.7. The summed E-state index contributed by atoms with van der Waals surface area (Å²) >= 11 is 1.27. The van der Waals surface area contributed by atoms with Gasteiger partial charge in [0.05, 0.1) is 22.3 Å². The summed E-state index contributed by atoms with van der Waals surface area (Å²) in [5.41, 5.74) is 7.50. The number of aryl methyl sites for hydroxylation is 1. The zero-order valence-electron chi connectivity index (χ0n) is 21.2. The Morgan fingerprint density at radius 2 is 1.89 bits per heavy atom. The number of nitrogens with two attached hydrogens (primary N) is 1. The van der Waals surface area contributed by atoms with Crippen LogP contribution in [0.15, 0.2) is 48.8 Å². The third-order valence-electron chi connectivity index (χ3n) is 5.81. The number of nitrogens with zero attached hydrogens (tertiary/aromatic N) is 6. The minimum absolute atomic E-state index is 0.0458. The number of rotatable bonds is 8. The van der Waals surface area contributed by atoms with Gasteiger partial charge in [0.25, 0.3) is 5.91 Å². The molecule has 4 rings (SSSR count). The van der Waals surface area contributed by atoms with Crippen LogP contribution in [-0.4, -0.2) is 65.0 Å². The standard InChI is InChI=1S/C25H27F3N8OS/c1-15-5-6-16(9-21(15)36-14-20(32-33-36)22-13-30-24(29)38-22)23(37)31-18-10-17(25(26,27)28)11-19(12-18)35(4)8-7-34(2)3/h5-6,9-14H,7-8H2,1-4H3,(H2,29,30)(H,31,37). The van der Waals surface area contributed by atoms with Crippen molar-refractivity contribution in [3.8, 4) is 16.3 Å². The van der Waals surface area contributed by atoms with Gasteiger partial charge in [0, 0.05) is 43.3 Å². The Kier molecular flexibility index (Phi) is 7.69. The van der Waals surface area contributed by atoms with Crippen molar-refractivity contribution >= 4 is 33.8 Å². The molecule has 0 aliphatic rings. The number of nitrogen functional groups attached to an aromatic ring is 1. The highest BCUT2D eigenvalue weighted by Crippen LogP contribution is 2.34. The maximum Gasteiger partial charge on any atom is 0.416 e. The number of hydrogen-bond donors (Lipinski definition) is 2. The first-order chi connectivity index (χ1) is 17.9. The van der Waals surface area contributed by atoms with E-state index in [4.69, 9.17) is 5.73 Å². The third-order valence-corrected chi connectivity index (χ3v) is 6.66. The van der Waals surface area contributed by atoms with Crippen LogP contribution in [0.3, 0.4) is 0 Å². The lowest BCUT2D eigenvalue weighted by Gasteiger charge is -2.23. The lowest BCUT2D eigenvalue weighted by atomic mass is 10.1. The first kappa shape index (κ1) is 27.1. The van der Waals surface area contributed by atoms with Gasteiger partial charge in [0.2, 0.25) is 0 Å². The van der Waals surface area contributed by atoms with Gasteiger partial charge < -0.3 is 20.9 Å². The number of amides is 1. The lowest BCUT2D eigenvalue weighted by molar-refractivity contribution is -0.137. The van der Waals surface area contributed by atoms with E-state index in [9.17, 15) is 18.0 Å². The molecule has 0 aliphatic carbocycles. The summed E-state index contributed by atoms with van der Waals surface area (Å²) in [5.74, 6) is -0.553. The summed E-state index contributed by atoms with van der Waals surface area (Å²) in [4.78, 5) is 21.5.